The Morgan fingerprint density at radius 3 is 1.67 bits per heavy atom. The van der Waals surface area contributed by atoms with Crippen LogP contribution in [0.5, 0.6) is 0 Å². The smallest absolute Gasteiger partial charge is 0.0348 e. The highest BCUT2D eigenvalue weighted by Crippen LogP contribution is 2.54. The molecule has 0 N–H and O–H groups in total. The maximum absolute atomic E-state index is 2.33. The molecule has 2 aromatic carbocycles. The van der Waals surface area contributed by atoms with Crippen LogP contribution in [0.25, 0.3) is 0 Å². The van der Waals surface area contributed by atoms with Gasteiger partial charge < -0.3 is 0 Å². The van der Waals surface area contributed by atoms with E-state index in [2.05, 4.69) is 91.1 Å². The molecule has 0 saturated carbocycles. The van der Waals surface area contributed by atoms with Crippen LogP contribution in [0, 0.1) is 5.92 Å². The van der Waals surface area contributed by atoms with E-state index >= 15 is 0 Å². The average molecular weight is 395 g/mol. The molecule has 27 heavy (non-hydrogen) atoms. The van der Waals surface area contributed by atoms with E-state index in [1.165, 1.54) is 54.7 Å². The molecule has 2 aliphatic rings. The highest BCUT2D eigenvalue weighted by atomic mass is 32.2. The van der Waals surface area contributed by atoms with Gasteiger partial charge in [0.1, 0.15) is 0 Å². The molecule has 2 aromatic rings. The van der Waals surface area contributed by atoms with E-state index in [1.807, 2.05) is 11.1 Å². The average Bonchev–Trinajstić information content (AvgIpc) is 3.01. The normalized spacial score (nSPS) is 24.9. The first-order chi connectivity index (χ1) is 13.4. The van der Waals surface area contributed by atoms with E-state index in [4.69, 9.17) is 0 Å². The van der Waals surface area contributed by atoms with Crippen LogP contribution < -0.4 is 0 Å². The van der Waals surface area contributed by atoms with Crippen molar-refractivity contribution in [2.75, 3.05) is 0 Å². The third kappa shape index (κ3) is 4.49. The maximum atomic E-state index is 2.33. The minimum absolute atomic E-state index is 0.676. The predicted molar refractivity (Wildman–Crippen MR) is 121 cm³/mol. The number of unbranched alkanes of at least 4 members (excludes halogenated alkanes) is 1. The van der Waals surface area contributed by atoms with Crippen molar-refractivity contribution in [3.63, 3.8) is 0 Å². The molecule has 0 bridgehead atoms. The third-order valence-corrected chi connectivity index (χ3v) is 8.79. The van der Waals surface area contributed by atoms with Gasteiger partial charge in [-0.05, 0) is 62.3 Å². The van der Waals surface area contributed by atoms with Crippen molar-refractivity contribution in [1.29, 1.82) is 0 Å². The summed E-state index contributed by atoms with van der Waals surface area (Å²) in [5.74, 6) is 0.767. The molecule has 0 fully saturated rings. The van der Waals surface area contributed by atoms with Crippen molar-refractivity contribution in [1.82, 2.24) is 0 Å². The molecule has 2 heteroatoms. The van der Waals surface area contributed by atoms with Crippen molar-refractivity contribution in [3.05, 3.63) is 71.8 Å². The molecule has 0 saturated heterocycles. The Balaban J connectivity index is 1.64. The lowest BCUT2D eigenvalue weighted by molar-refractivity contribution is 0.500. The second-order valence-electron chi connectivity index (χ2n) is 7.77. The minimum atomic E-state index is 0.676. The fourth-order valence-corrected chi connectivity index (χ4v) is 7.70. The summed E-state index contributed by atoms with van der Waals surface area (Å²) in [4.78, 5) is 2.87. The molecule has 0 aliphatic heterocycles. The van der Waals surface area contributed by atoms with Crippen molar-refractivity contribution < 1.29 is 0 Å². The summed E-state index contributed by atoms with van der Waals surface area (Å²) in [6, 6.07) is 22.2. The summed E-state index contributed by atoms with van der Waals surface area (Å²) < 4.78 is 0. The van der Waals surface area contributed by atoms with E-state index in [0.717, 1.165) is 5.92 Å². The molecule has 4 rings (SSSR count). The lowest BCUT2D eigenvalue weighted by Crippen LogP contribution is -2.22. The minimum Gasteiger partial charge on any atom is -0.118 e. The Labute approximate surface area is 173 Å². The molecule has 0 radical (unpaired) electrons. The molecule has 0 spiro atoms. The van der Waals surface area contributed by atoms with Gasteiger partial charge in [0.2, 0.25) is 0 Å². The summed E-state index contributed by atoms with van der Waals surface area (Å²) in [5, 5.41) is 1.35. The van der Waals surface area contributed by atoms with Gasteiger partial charge in [0.05, 0.1) is 0 Å². The van der Waals surface area contributed by atoms with Crippen molar-refractivity contribution in [3.8, 4) is 0 Å². The largest absolute Gasteiger partial charge is 0.118 e. The van der Waals surface area contributed by atoms with Gasteiger partial charge in [0, 0.05) is 20.3 Å². The fraction of sp³-hybridized carbons (Fsp3) is 0.440. The zero-order chi connectivity index (χ0) is 18.5. The number of thioether (sulfide) groups is 2. The summed E-state index contributed by atoms with van der Waals surface area (Å²) in [5.41, 5.74) is 3.62. The number of benzene rings is 2. The molecule has 1 unspecified atom stereocenters. The summed E-state index contributed by atoms with van der Waals surface area (Å²) in [7, 11) is 0. The van der Waals surface area contributed by atoms with Gasteiger partial charge in [0.25, 0.3) is 0 Å². The zero-order valence-corrected chi connectivity index (χ0v) is 17.9. The third-order valence-electron chi connectivity index (χ3n) is 5.92. The molecule has 0 aromatic heterocycles. The Kier molecular flexibility index (Phi) is 6.68. The molecule has 0 nitrogen and oxygen atoms in total. The van der Waals surface area contributed by atoms with Gasteiger partial charge in [-0.25, -0.2) is 0 Å². The van der Waals surface area contributed by atoms with Crippen LogP contribution >= 0.6 is 23.5 Å². The zero-order valence-electron chi connectivity index (χ0n) is 16.3. The van der Waals surface area contributed by atoms with Crippen molar-refractivity contribution in [2.45, 2.75) is 72.2 Å². The van der Waals surface area contributed by atoms with Gasteiger partial charge in [-0.2, -0.15) is 0 Å². The van der Waals surface area contributed by atoms with Crippen molar-refractivity contribution >= 4 is 23.5 Å². The molecule has 0 heterocycles. The standard InChI is InChI=1S/C25H30S2/c1-2-3-16-23-24(26-19-12-6-4-7-13-19)21-17-10-11-18-22(21)25(23)27-20-14-8-5-9-15-20/h4-9,12-15,23-25H,2-3,10-11,16-18H2,1H3/t23?,24-,25+. The van der Waals surface area contributed by atoms with E-state index in [9.17, 15) is 0 Å². The summed E-state index contributed by atoms with van der Waals surface area (Å²) in [6.07, 6.45) is 9.43. The highest BCUT2D eigenvalue weighted by molar-refractivity contribution is 8.01. The van der Waals surface area contributed by atoms with E-state index in [0.29, 0.717) is 10.5 Å². The molecule has 3 atom stereocenters. The summed E-state index contributed by atoms with van der Waals surface area (Å²) >= 11 is 4.28. The van der Waals surface area contributed by atoms with Gasteiger partial charge >= 0.3 is 0 Å². The Hall–Kier alpha value is -1.12. The first-order valence-electron chi connectivity index (χ1n) is 10.5. The highest BCUT2D eigenvalue weighted by Gasteiger charge is 2.43. The van der Waals surface area contributed by atoms with Crippen LogP contribution in [-0.2, 0) is 0 Å². The fourth-order valence-electron chi connectivity index (χ4n) is 4.63. The number of rotatable bonds is 7. The van der Waals surface area contributed by atoms with Gasteiger partial charge in [0.15, 0.2) is 0 Å². The lowest BCUT2D eigenvalue weighted by Gasteiger charge is -2.27. The van der Waals surface area contributed by atoms with Crippen LogP contribution in [0.2, 0.25) is 0 Å². The van der Waals surface area contributed by atoms with Gasteiger partial charge in [-0.3, -0.25) is 0 Å². The predicted octanol–water partition coefficient (Wildman–Crippen LogP) is 8.00. The van der Waals surface area contributed by atoms with Crippen molar-refractivity contribution in [2.24, 2.45) is 5.92 Å². The quantitative estimate of drug-likeness (QED) is 0.436. The second-order valence-corrected chi connectivity index (χ2v) is 10.2. The Morgan fingerprint density at radius 2 is 1.22 bits per heavy atom. The maximum Gasteiger partial charge on any atom is 0.0348 e. The van der Waals surface area contributed by atoms with Crippen LogP contribution in [0.1, 0.15) is 51.9 Å². The second kappa shape index (κ2) is 9.39. The van der Waals surface area contributed by atoms with E-state index in [-0.39, 0.29) is 0 Å². The molecule has 142 valence electrons. The summed E-state index contributed by atoms with van der Waals surface area (Å²) in [6.45, 7) is 2.33. The first-order valence-corrected chi connectivity index (χ1v) is 12.3. The monoisotopic (exact) mass is 394 g/mol. The van der Waals surface area contributed by atoms with Gasteiger partial charge in [-0.15, -0.1) is 23.5 Å². The molecular weight excluding hydrogens is 364 g/mol. The number of hydrogen-bond acceptors (Lipinski definition) is 2. The molecule has 2 aliphatic carbocycles. The molecule has 0 amide bonds. The van der Waals surface area contributed by atoms with Crippen LogP contribution in [0.4, 0.5) is 0 Å². The van der Waals surface area contributed by atoms with Gasteiger partial charge in [-0.1, -0.05) is 67.3 Å². The Morgan fingerprint density at radius 1 is 0.741 bits per heavy atom. The SMILES string of the molecule is CCCCC1[C@H](Sc2ccccc2)C2=C(CCCC2)[C@@H]1Sc1ccccc1. The van der Waals surface area contributed by atoms with E-state index < -0.39 is 0 Å². The number of hydrogen-bond donors (Lipinski definition) is 0. The van der Waals surface area contributed by atoms with E-state index in [1.54, 1.807) is 0 Å². The van der Waals surface area contributed by atoms with Crippen LogP contribution in [-0.4, -0.2) is 10.5 Å². The Bertz CT molecular complexity index is 689. The molecular formula is C25H30S2. The topological polar surface area (TPSA) is 0 Å². The lowest BCUT2D eigenvalue weighted by atomic mass is 9.94. The van der Waals surface area contributed by atoms with Crippen LogP contribution in [0.15, 0.2) is 81.6 Å². The first kappa shape index (κ1) is 19.2. The van der Waals surface area contributed by atoms with Crippen LogP contribution in [0.3, 0.4) is 0 Å².